The first-order valence-corrected chi connectivity index (χ1v) is 38.1. The molecular weight excluding hydrogens is 1020 g/mol. The lowest BCUT2D eigenvalue weighted by atomic mass is 10.0. The van der Waals surface area contributed by atoms with Crippen LogP contribution in [-0.4, -0.2) is 47.4 Å². The minimum Gasteiger partial charge on any atom is -0.466 e. The number of hydrogen-bond donors (Lipinski definition) is 3. The van der Waals surface area contributed by atoms with Crippen molar-refractivity contribution in [3.05, 3.63) is 24.3 Å². The number of hydrogen-bond acceptors (Lipinski definition) is 5. The maximum absolute atomic E-state index is 12.6. The molecule has 83 heavy (non-hydrogen) atoms. The summed E-state index contributed by atoms with van der Waals surface area (Å²) >= 11 is 0. The van der Waals surface area contributed by atoms with Gasteiger partial charge in [-0.15, -0.1) is 0 Å². The van der Waals surface area contributed by atoms with Crippen molar-refractivity contribution in [1.82, 2.24) is 5.32 Å². The Morgan fingerprint density at radius 3 is 0.952 bits per heavy atom. The molecule has 6 nitrogen and oxygen atoms in total. The molecule has 0 heterocycles. The predicted molar refractivity (Wildman–Crippen MR) is 366 cm³/mol. The van der Waals surface area contributed by atoms with Crippen molar-refractivity contribution in [1.29, 1.82) is 0 Å². The molecule has 6 heteroatoms. The molecule has 0 aromatic heterocycles. The van der Waals surface area contributed by atoms with Gasteiger partial charge in [-0.1, -0.05) is 391 Å². The highest BCUT2D eigenvalue weighted by Crippen LogP contribution is 2.20. The molecule has 0 saturated carbocycles. The summed E-state index contributed by atoms with van der Waals surface area (Å²) in [4.78, 5) is 24.6. The Kier molecular flexibility index (Phi) is 71.4. The number of nitrogens with one attached hydrogen (secondary N) is 1. The topological polar surface area (TPSA) is 95.9 Å². The zero-order valence-electron chi connectivity index (χ0n) is 56.5. The van der Waals surface area contributed by atoms with Crippen molar-refractivity contribution in [2.24, 2.45) is 0 Å². The summed E-state index contributed by atoms with van der Waals surface area (Å²) < 4.78 is 5.49. The van der Waals surface area contributed by atoms with Crippen LogP contribution in [0.5, 0.6) is 0 Å². The molecule has 0 rings (SSSR count). The second-order valence-electron chi connectivity index (χ2n) is 26.3. The van der Waals surface area contributed by atoms with Crippen LogP contribution in [0.2, 0.25) is 0 Å². The van der Waals surface area contributed by atoms with Crippen LogP contribution in [0.4, 0.5) is 0 Å². The van der Waals surface area contributed by atoms with Gasteiger partial charge in [-0.2, -0.15) is 0 Å². The average Bonchev–Trinajstić information content (AvgIpc) is 3.48. The number of carbonyl (C=O) groups is 2. The van der Waals surface area contributed by atoms with Crippen LogP contribution in [0.25, 0.3) is 0 Å². The van der Waals surface area contributed by atoms with E-state index >= 15 is 0 Å². The number of ether oxygens (including phenoxy) is 1. The molecule has 0 aromatic rings. The molecule has 0 aliphatic carbocycles. The number of carbonyl (C=O) groups excluding carboxylic acids is 2. The van der Waals surface area contributed by atoms with E-state index in [1.54, 1.807) is 0 Å². The van der Waals surface area contributed by atoms with Gasteiger partial charge in [-0.05, 0) is 51.4 Å². The van der Waals surface area contributed by atoms with Gasteiger partial charge < -0.3 is 20.3 Å². The minimum absolute atomic E-state index is 0.00509. The van der Waals surface area contributed by atoms with Crippen LogP contribution in [-0.2, 0) is 14.3 Å². The molecule has 492 valence electrons. The standard InChI is InChI=1S/C77H149NO5/c1-3-5-7-9-11-13-15-17-19-20-21-22-23-30-33-36-39-42-45-49-53-57-61-65-69-75(80)74(73-79)78-76(81)70-66-62-58-54-50-46-43-40-37-34-31-28-26-24-25-27-29-32-35-38-41-44-48-52-56-60-64-68-72-83-77(82)71-67-63-59-55-51-47-18-16-14-12-10-8-6-4-2/h10,12,16,18,74-75,79-80H,3-9,11,13-15,17,19-73H2,1-2H3,(H,78,81)/b12-10-,18-16-. The van der Waals surface area contributed by atoms with Crippen molar-refractivity contribution in [3.8, 4) is 0 Å². The third kappa shape index (κ3) is 69.3. The zero-order valence-corrected chi connectivity index (χ0v) is 56.5. The molecule has 1 amide bonds. The van der Waals surface area contributed by atoms with E-state index in [1.807, 2.05) is 0 Å². The Bertz CT molecular complexity index is 1300. The summed E-state index contributed by atoms with van der Waals surface area (Å²) in [5, 5.41) is 23.5. The first-order valence-electron chi connectivity index (χ1n) is 38.1. The van der Waals surface area contributed by atoms with E-state index in [4.69, 9.17) is 4.74 Å². The SMILES string of the molecule is CCCC/C=C\C/C=C\CCCCCCCC(=O)OCCCCCCCCCCCCCCCCCCCCCCCCCCCCCCC(=O)NC(CO)C(O)CCCCCCCCCCCCCCCCCCCCCCCCCC. The molecule has 0 aromatic carbocycles. The molecule has 0 fully saturated rings. The summed E-state index contributed by atoms with van der Waals surface area (Å²) in [6, 6.07) is -0.540. The van der Waals surface area contributed by atoms with Gasteiger partial charge in [0.05, 0.1) is 25.4 Å². The van der Waals surface area contributed by atoms with Crippen LogP contribution in [0, 0.1) is 0 Å². The smallest absolute Gasteiger partial charge is 0.305 e. The van der Waals surface area contributed by atoms with Crippen molar-refractivity contribution >= 4 is 11.9 Å². The first-order chi connectivity index (χ1) is 41.0. The minimum atomic E-state index is -0.664. The predicted octanol–water partition coefficient (Wildman–Crippen LogP) is 24.9. The lowest BCUT2D eigenvalue weighted by molar-refractivity contribution is -0.143. The highest BCUT2D eigenvalue weighted by molar-refractivity contribution is 5.76. The van der Waals surface area contributed by atoms with E-state index < -0.39 is 12.1 Å². The summed E-state index contributed by atoms with van der Waals surface area (Å²) in [7, 11) is 0. The molecule has 0 radical (unpaired) electrons. The maximum Gasteiger partial charge on any atom is 0.305 e. The van der Waals surface area contributed by atoms with E-state index in [-0.39, 0.29) is 18.5 Å². The van der Waals surface area contributed by atoms with Gasteiger partial charge in [-0.3, -0.25) is 9.59 Å². The molecular formula is C77H149NO5. The Morgan fingerprint density at radius 2 is 0.614 bits per heavy atom. The average molecular weight is 1170 g/mol. The van der Waals surface area contributed by atoms with Gasteiger partial charge in [0.2, 0.25) is 5.91 Å². The Balaban J connectivity index is 3.35. The summed E-state index contributed by atoms with van der Waals surface area (Å²) in [6.45, 7) is 4.95. The third-order valence-electron chi connectivity index (χ3n) is 18.0. The van der Waals surface area contributed by atoms with Crippen molar-refractivity contribution in [3.63, 3.8) is 0 Å². The fraction of sp³-hybridized carbons (Fsp3) is 0.922. The highest BCUT2D eigenvalue weighted by Gasteiger charge is 2.20. The van der Waals surface area contributed by atoms with Gasteiger partial charge in [0.1, 0.15) is 0 Å². The third-order valence-corrected chi connectivity index (χ3v) is 18.0. The molecule has 0 aliphatic rings. The lowest BCUT2D eigenvalue weighted by Gasteiger charge is -2.22. The molecule has 0 saturated heterocycles. The second kappa shape index (κ2) is 72.8. The van der Waals surface area contributed by atoms with Crippen molar-refractivity contribution < 1.29 is 24.5 Å². The largest absolute Gasteiger partial charge is 0.466 e. The van der Waals surface area contributed by atoms with E-state index in [0.29, 0.717) is 25.9 Å². The quantitative estimate of drug-likeness (QED) is 0.0320. The van der Waals surface area contributed by atoms with Crippen molar-refractivity contribution in [2.75, 3.05) is 13.2 Å². The van der Waals surface area contributed by atoms with E-state index in [0.717, 1.165) is 51.4 Å². The molecule has 0 aliphatic heterocycles. The lowest BCUT2D eigenvalue weighted by Crippen LogP contribution is -2.45. The summed E-state index contributed by atoms with van der Waals surface area (Å²) in [6.07, 6.45) is 92.5. The second-order valence-corrected chi connectivity index (χ2v) is 26.3. The van der Waals surface area contributed by atoms with Crippen LogP contribution in [0.1, 0.15) is 431 Å². The van der Waals surface area contributed by atoms with Crippen molar-refractivity contribution in [2.45, 2.75) is 443 Å². The number of esters is 1. The first kappa shape index (κ1) is 81.3. The molecule has 2 atom stereocenters. The molecule has 3 N–H and O–H groups in total. The summed E-state index contributed by atoms with van der Waals surface area (Å²) in [5.74, 6) is -0.0213. The van der Waals surface area contributed by atoms with Crippen LogP contribution in [0.15, 0.2) is 24.3 Å². The monoisotopic (exact) mass is 1170 g/mol. The van der Waals surface area contributed by atoms with Gasteiger partial charge in [0, 0.05) is 12.8 Å². The Hall–Kier alpha value is -1.66. The fourth-order valence-electron chi connectivity index (χ4n) is 12.2. The Labute approximate surface area is 520 Å². The number of aliphatic hydroxyl groups is 2. The fourth-order valence-corrected chi connectivity index (χ4v) is 12.2. The molecule has 0 spiro atoms. The van der Waals surface area contributed by atoms with Gasteiger partial charge >= 0.3 is 5.97 Å². The van der Waals surface area contributed by atoms with E-state index in [9.17, 15) is 19.8 Å². The highest BCUT2D eigenvalue weighted by atomic mass is 16.5. The van der Waals surface area contributed by atoms with Gasteiger partial charge in [-0.25, -0.2) is 0 Å². The van der Waals surface area contributed by atoms with Gasteiger partial charge in [0.25, 0.3) is 0 Å². The summed E-state index contributed by atoms with van der Waals surface area (Å²) in [5.41, 5.74) is 0. The normalized spacial score (nSPS) is 12.6. The van der Waals surface area contributed by atoms with E-state index in [1.165, 1.54) is 347 Å². The number of aliphatic hydroxyl groups excluding tert-OH is 2. The van der Waals surface area contributed by atoms with Crippen LogP contribution < -0.4 is 5.32 Å². The number of unbranched alkanes of at least 4 members (excludes halogenated alkanes) is 57. The number of allylic oxidation sites excluding steroid dienone is 4. The molecule has 0 bridgehead atoms. The maximum atomic E-state index is 12.6. The van der Waals surface area contributed by atoms with Gasteiger partial charge in [0.15, 0.2) is 0 Å². The van der Waals surface area contributed by atoms with E-state index in [2.05, 4.69) is 43.5 Å². The zero-order chi connectivity index (χ0) is 59.9. The Morgan fingerprint density at radius 1 is 0.337 bits per heavy atom. The van der Waals surface area contributed by atoms with Crippen LogP contribution in [0.3, 0.4) is 0 Å². The number of amides is 1. The number of rotatable bonds is 72. The molecule has 2 unspecified atom stereocenters. The van der Waals surface area contributed by atoms with Crippen LogP contribution >= 0.6 is 0 Å².